The number of carbonyl (C=O) groups is 1. The van der Waals surface area contributed by atoms with Crippen LogP contribution in [0.1, 0.15) is 17.3 Å². The number of benzene rings is 1. The van der Waals surface area contributed by atoms with E-state index in [1.54, 1.807) is 42.2 Å². The Morgan fingerprint density at radius 2 is 2.05 bits per heavy atom. The predicted molar refractivity (Wildman–Crippen MR) is 77.4 cm³/mol. The summed E-state index contributed by atoms with van der Waals surface area (Å²) in [6.07, 6.45) is 1.78. The zero-order valence-electron chi connectivity index (χ0n) is 11.1. The van der Waals surface area contributed by atoms with Gasteiger partial charge in [0.25, 0.3) is 5.91 Å². The summed E-state index contributed by atoms with van der Waals surface area (Å²) < 4.78 is 25.7. The average Bonchev–Trinajstić information content (AvgIpc) is 2.84. The lowest BCUT2D eigenvalue weighted by Crippen LogP contribution is -2.15. The summed E-state index contributed by atoms with van der Waals surface area (Å²) in [5.74, 6) is -0.597. The van der Waals surface area contributed by atoms with Crippen molar-refractivity contribution in [3.05, 3.63) is 46.2 Å². The van der Waals surface area contributed by atoms with Gasteiger partial charge in [0.15, 0.2) is 14.6 Å². The highest BCUT2D eigenvalue weighted by Crippen LogP contribution is 2.17. The van der Waals surface area contributed by atoms with Gasteiger partial charge in [-0.05, 0) is 12.1 Å². The highest BCUT2D eigenvalue weighted by molar-refractivity contribution is 7.91. The fourth-order valence-electron chi connectivity index (χ4n) is 1.65. The molecule has 5 nitrogen and oxygen atoms in total. The van der Waals surface area contributed by atoms with Gasteiger partial charge in [0, 0.05) is 18.6 Å². The third-order valence-corrected chi connectivity index (χ3v) is 5.42. The Labute approximate surface area is 121 Å². The second-order valence-electron chi connectivity index (χ2n) is 4.11. The van der Waals surface area contributed by atoms with Gasteiger partial charge in [0.1, 0.15) is 0 Å². The van der Waals surface area contributed by atoms with Gasteiger partial charge in [-0.25, -0.2) is 8.42 Å². The van der Waals surface area contributed by atoms with Crippen LogP contribution >= 0.6 is 11.3 Å². The van der Waals surface area contributed by atoms with Gasteiger partial charge in [0.05, 0.1) is 16.2 Å². The minimum atomic E-state index is -3.45. The van der Waals surface area contributed by atoms with E-state index in [1.807, 2.05) is 0 Å². The van der Waals surface area contributed by atoms with E-state index >= 15 is 0 Å². The zero-order chi connectivity index (χ0) is 14.8. The number of aryl methyl sites for hydroxylation is 1. The summed E-state index contributed by atoms with van der Waals surface area (Å²) in [6.45, 7) is 1.55. The van der Waals surface area contributed by atoms with Crippen LogP contribution in [0.5, 0.6) is 0 Å². The summed E-state index contributed by atoms with van der Waals surface area (Å²) in [6, 6.07) is 6.16. The molecule has 0 bridgehead atoms. The lowest BCUT2D eigenvalue weighted by molar-refractivity contribution is 0.0994. The molecule has 0 unspecified atom stereocenters. The van der Waals surface area contributed by atoms with Crippen LogP contribution in [0.4, 0.5) is 0 Å². The standard InChI is InChI=1S/C13H14N2O3S2/c1-3-20(17,18)11-7-5-4-6-10(11)12(16)14-13-15(2)8-9-19-13/h4-9H,3H2,1-2H3. The van der Waals surface area contributed by atoms with Crippen LogP contribution in [0.2, 0.25) is 0 Å². The van der Waals surface area contributed by atoms with Crippen LogP contribution in [-0.2, 0) is 16.9 Å². The van der Waals surface area contributed by atoms with Crippen molar-refractivity contribution in [1.29, 1.82) is 0 Å². The molecule has 0 saturated heterocycles. The molecule has 0 fully saturated rings. The molecule has 0 spiro atoms. The summed E-state index contributed by atoms with van der Waals surface area (Å²) in [5.41, 5.74) is 0.114. The summed E-state index contributed by atoms with van der Waals surface area (Å²) in [4.78, 5) is 16.7. The first kappa shape index (κ1) is 14.7. The Morgan fingerprint density at radius 1 is 1.35 bits per heavy atom. The molecule has 0 radical (unpaired) electrons. The maximum atomic E-state index is 12.2. The van der Waals surface area contributed by atoms with Crippen molar-refractivity contribution >= 4 is 27.1 Å². The molecule has 1 heterocycles. The molecule has 0 saturated carbocycles. The fraction of sp³-hybridized carbons (Fsp3) is 0.231. The van der Waals surface area contributed by atoms with Gasteiger partial charge in [-0.2, -0.15) is 4.99 Å². The number of carbonyl (C=O) groups excluding carboxylic acids is 1. The van der Waals surface area contributed by atoms with E-state index in [9.17, 15) is 13.2 Å². The SMILES string of the molecule is CCS(=O)(=O)c1ccccc1C(=O)N=c1sccn1C. The third kappa shape index (κ3) is 2.88. The van der Waals surface area contributed by atoms with Gasteiger partial charge in [-0.15, -0.1) is 11.3 Å². The molecule has 1 amide bonds. The molecular weight excluding hydrogens is 296 g/mol. The number of rotatable bonds is 3. The molecule has 2 rings (SSSR count). The number of hydrogen-bond acceptors (Lipinski definition) is 4. The van der Waals surface area contributed by atoms with Crippen LogP contribution in [0, 0.1) is 0 Å². The minimum absolute atomic E-state index is 0.0375. The second-order valence-corrected chi connectivity index (χ2v) is 7.23. The number of amides is 1. The normalized spacial score (nSPS) is 12.6. The predicted octanol–water partition coefficient (Wildman–Crippen LogP) is 1.62. The Morgan fingerprint density at radius 3 is 2.65 bits per heavy atom. The molecule has 0 aliphatic rings. The van der Waals surface area contributed by atoms with Crippen molar-refractivity contribution in [1.82, 2.24) is 4.57 Å². The number of nitrogens with zero attached hydrogens (tertiary/aromatic N) is 2. The first-order valence-electron chi connectivity index (χ1n) is 5.96. The van der Waals surface area contributed by atoms with Crippen molar-refractivity contribution < 1.29 is 13.2 Å². The fourth-order valence-corrected chi connectivity index (χ4v) is 3.47. The van der Waals surface area contributed by atoms with E-state index in [-0.39, 0.29) is 16.2 Å². The maximum Gasteiger partial charge on any atom is 0.280 e. The van der Waals surface area contributed by atoms with Crippen LogP contribution in [0.25, 0.3) is 0 Å². The minimum Gasteiger partial charge on any atom is -0.327 e. The lowest BCUT2D eigenvalue weighted by Gasteiger charge is -2.05. The van der Waals surface area contributed by atoms with Crippen LogP contribution in [0.15, 0.2) is 45.7 Å². The second kappa shape index (κ2) is 5.72. The van der Waals surface area contributed by atoms with Gasteiger partial charge in [-0.3, -0.25) is 4.79 Å². The molecule has 0 aliphatic carbocycles. The quantitative estimate of drug-likeness (QED) is 0.865. The Balaban J connectivity index is 2.55. The smallest absolute Gasteiger partial charge is 0.280 e. The summed E-state index contributed by atoms with van der Waals surface area (Å²) in [5, 5.41) is 1.81. The first-order valence-corrected chi connectivity index (χ1v) is 8.50. The number of aromatic nitrogens is 1. The topological polar surface area (TPSA) is 68.5 Å². The molecule has 1 aromatic carbocycles. The molecule has 0 N–H and O–H groups in total. The Bertz CT molecular complexity index is 801. The Hall–Kier alpha value is -1.73. The number of hydrogen-bond donors (Lipinski definition) is 0. The zero-order valence-corrected chi connectivity index (χ0v) is 12.7. The molecule has 0 atom stereocenters. The van der Waals surface area contributed by atoms with Crippen molar-refractivity contribution in [2.45, 2.75) is 11.8 Å². The molecule has 20 heavy (non-hydrogen) atoms. The van der Waals surface area contributed by atoms with E-state index in [0.29, 0.717) is 4.80 Å². The van der Waals surface area contributed by atoms with Gasteiger partial charge in [-0.1, -0.05) is 19.1 Å². The van der Waals surface area contributed by atoms with Crippen LogP contribution in [0.3, 0.4) is 0 Å². The lowest BCUT2D eigenvalue weighted by atomic mass is 10.2. The highest BCUT2D eigenvalue weighted by atomic mass is 32.2. The van der Waals surface area contributed by atoms with E-state index in [0.717, 1.165) is 0 Å². The van der Waals surface area contributed by atoms with Crippen LogP contribution in [-0.4, -0.2) is 24.6 Å². The van der Waals surface area contributed by atoms with E-state index in [4.69, 9.17) is 0 Å². The molecule has 7 heteroatoms. The largest absolute Gasteiger partial charge is 0.327 e. The number of sulfone groups is 1. The van der Waals surface area contributed by atoms with E-state index < -0.39 is 15.7 Å². The van der Waals surface area contributed by atoms with Crippen molar-refractivity contribution in [3.63, 3.8) is 0 Å². The van der Waals surface area contributed by atoms with Crippen molar-refractivity contribution in [2.75, 3.05) is 5.75 Å². The van der Waals surface area contributed by atoms with Crippen molar-refractivity contribution in [3.8, 4) is 0 Å². The molecule has 0 aliphatic heterocycles. The Kier molecular flexibility index (Phi) is 4.20. The van der Waals surface area contributed by atoms with E-state index in [2.05, 4.69) is 4.99 Å². The summed E-state index contributed by atoms with van der Waals surface area (Å²) in [7, 11) is -1.67. The first-order chi connectivity index (χ1) is 9.45. The maximum absolute atomic E-state index is 12.2. The van der Waals surface area contributed by atoms with Crippen LogP contribution < -0.4 is 4.80 Å². The average molecular weight is 310 g/mol. The molecule has 1 aromatic heterocycles. The number of thiazole rings is 1. The van der Waals surface area contributed by atoms with Gasteiger partial charge >= 0.3 is 0 Å². The molecule has 106 valence electrons. The molecular formula is C13H14N2O3S2. The van der Waals surface area contributed by atoms with Crippen molar-refractivity contribution in [2.24, 2.45) is 12.0 Å². The highest BCUT2D eigenvalue weighted by Gasteiger charge is 2.20. The van der Waals surface area contributed by atoms with E-state index in [1.165, 1.54) is 23.5 Å². The van der Waals surface area contributed by atoms with Gasteiger partial charge < -0.3 is 4.57 Å². The summed E-state index contributed by atoms with van der Waals surface area (Å²) >= 11 is 1.32. The molecule has 2 aromatic rings. The monoisotopic (exact) mass is 310 g/mol. The van der Waals surface area contributed by atoms with Gasteiger partial charge in [0.2, 0.25) is 0 Å². The third-order valence-electron chi connectivity index (χ3n) is 2.79.